The monoisotopic (exact) mass is 330 g/mol. The number of aryl methyl sites for hydroxylation is 2. The number of carbonyl (C=O) groups is 1. The van der Waals surface area contributed by atoms with E-state index in [1.165, 1.54) is 0 Å². The second-order valence-electron chi connectivity index (χ2n) is 5.90. The van der Waals surface area contributed by atoms with Gasteiger partial charge in [0, 0.05) is 19.9 Å². The highest BCUT2D eigenvalue weighted by Gasteiger charge is 2.30. The molecule has 0 bridgehead atoms. The fraction of sp³-hybridized carbons (Fsp3) is 0.562. The highest BCUT2D eigenvalue weighted by atomic mass is 16.5. The first-order valence-electron chi connectivity index (χ1n) is 8.36. The molecule has 1 atom stereocenters. The summed E-state index contributed by atoms with van der Waals surface area (Å²) >= 11 is 0. The van der Waals surface area contributed by atoms with Gasteiger partial charge in [0.2, 0.25) is 5.89 Å². The zero-order valence-corrected chi connectivity index (χ0v) is 14.0. The van der Waals surface area contributed by atoms with E-state index in [1.54, 1.807) is 24.2 Å². The van der Waals surface area contributed by atoms with Gasteiger partial charge in [0.25, 0.3) is 0 Å². The van der Waals surface area contributed by atoms with Crippen molar-refractivity contribution in [3.05, 3.63) is 29.9 Å². The molecule has 2 aromatic heterocycles. The van der Waals surface area contributed by atoms with Gasteiger partial charge >= 0.3 is 6.03 Å². The van der Waals surface area contributed by atoms with Crippen molar-refractivity contribution in [3.8, 4) is 0 Å². The molecule has 1 fully saturated rings. The number of likely N-dealkylation sites (tertiary alicyclic amines) is 1. The summed E-state index contributed by atoms with van der Waals surface area (Å²) in [6, 6.07) is -0.349. The molecule has 128 valence electrons. The first-order chi connectivity index (χ1) is 11.7. The smallest absolute Gasteiger partial charge is 0.322 e. The maximum absolute atomic E-state index is 12.7. The van der Waals surface area contributed by atoms with Gasteiger partial charge in [0.1, 0.15) is 5.82 Å². The number of carbonyl (C=O) groups excluding carboxylic acids is 1. The van der Waals surface area contributed by atoms with E-state index in [2.05, 4.69) is 25.4 Å². The summed E-state index contributed by atoms with van der Waals surface area (Å²) in [4.78, 5) is 27.3. The number of nitrogens with one attached hydrogen (secondary N) is 1. The number of aromatic nitrogens is 4. The summed E-state index contributed by atoms with van der Waals surface area (Å²) in [6.45, 7) is 4.41. The average Bonchev–Trinajstić information content (AvgIpc) is 2.87. The van der Waals surface area contributed by atoms with E-state index >= 15 is 0 Å². The van der Waals surface area contributed by atoms with Crippen LogP contribution in [0.2, 0.25) is 0 Å². The number of urea groups is 1. The third-order valence-electron chi connectivity index (χ3n) is 4.13. The van der Waals surface area contributed by atoms with E-state index in [4.69, 9.17) is 4.52 Å². The number of hydrogen-bond acceptors (Lipinski definition) is 6. The number of rotatable bonds is 3. The Morgan fingerprint density at radius 2 is 2.12 bits per heavy atom. The lowest BCUT2D eigenvalue weighted by Gasteiger charge is -2.27. The van der Waals surface area contributed by atoms with Gasteiger partial charge in [-0.05, 0) is 12.8 Å². The minimum atomic E-state index is -0.183. The van der Waals surface area contributed by atoms with Gasteiger partial charge in [-0.15, -0.1) is 0 Å². The summed E-state index contributed by atoms with van der Waals surface area (Å²) < 4.78 is 5.09. The molecule has 1 unspecified atom stereocenters. The van der Waals surface area contributed by atoms with E-state index in [1.807, 2.05) is 6.92 Å². The molecular weight excluding hydrogens is 308 g/mol. The lowest BCUT2D eigenvalue weighted by Crippen LogP contribution is -2.38. The van der Waals surface area contributed by atoms with E-state index in [0.29, 0.717) is 23.9 Å². The molecule has 3 heterocycles. The highest BCUT2D eigenvalue weighted by molar-refractivity contribution is 5.89. The van der Waals surface area contributed by atoms with Crippen LogP contribution in [0.4, 0.5) is 10.5 Å². The third kappa shape index (κ3) is 3.69. The van der Waals surface area contributed by atoms with Crippen LogP contribution in [-0.4, -0.2) is 37.6 Å². The van der Waals surface area contributed by atoms with Crippen LogP contribution in [0, 0.1) is 6.92 Å². The van der Waals surface area contributed by atoms with E-state index in [9.17, 15) is 4.79 Å². The van der Waals surface area contributed by atoms with E-state index in [0.717, 1.165) is 37.9 Å². The van der Waals surface area contributed by atoms with Crippen molar-refractivity contribution in [3.63, 3.8) is 0 Å². The lowest BCUT2D eigenvalue weighted by atomic mass is 10.1. The second-order valence-corrected chi connectivity index (χ2v) is 5.90. The number of nitrogens with zero attached hydrogens (tertiary/aromatic N) is 5. The quantitative estimate of drug-likeness (QED) is 0.929. The summed E-state index contributed by atoms with van der Waals surface area (Å²) in [5.41, 5.74) is 0.587. The fourth-order valence-corrected chi connectivity index (χ4v) is 2.87. The molecule has 1 aliphatic rings. The molecule has 0 saturated carbocycles. The number of hydrogen-bond donors (Lipinski definition) is 1. The van der Waals surface area contributed by atoms with Crippen LogP contribution >= 0.6 is 0 Å². The van der Waals surface area contributed by atoms with Crippen molar-refractivity contribution in [2.75, 3.05) is 11.9 Å². The predicted molar refractivity (Wildman–Crippen MR) is 87.4 cm³/mol. The van der Waals surface area contributed by atoms with E-state index in [-0.39, 0.29) is 12.1 Å². The summed E-state index contributed by atoms with van der Waals surface area (Å²) in [5, 5.41) is 6.88. The zero-order valence-electron chi connectivity index (χ0n) is 14.0. The maximum Gasteiger partial charge on any atom is 0.322 e. The second kappa shape index (κ2) is 7.37. The van der Waals surface area contributed by atoms with Crippen molar-refractivity contribution in [2.45, 2.75) is 52.0 Å². The molecule has 0 spiro atoms. The van der Waals surface area contributed by atoms with Crippen LogP contribution in [0.1, 0.15) is 56.2 Å². The van der Waals surface area contributed by atoms with Gasteiger partial charge in [-0.25, -0.2) is 14.8 Å². The van der Waals surface area contributed by atoms with Crippen LogP contribution in [-0.2, 0) is 6.42 Å². The Hall–Kier alpha value is -2.51. The highest BCUT2D eigenvalue weighted by Crippen LogP contribution is 2.29. The van der Waals surface area contributed by atoms with Crippen LogP contribution in [0.5, 0.6) is 0 Å². The Morgan fingerprint density at radius 1 is 1.33 bits per heavy atom. The maximum atomic E-state index is 12.7. The lowest BCUT2D eigenvalue weighted by molar-refractivity contribution is 0.184. The minimum absolute atomic E-state index is 0.166. The van der Waals surface area contributed by atoms with Crippen LogP contribution in [0.3, 0.4) is 0 Å². The molecule has 0 aromatic carbocycles. The Morgan fingerprint density at radius 3 is 2.79 bits per heavy atom. The molecule has 1 N–H and O–H groups in total. The standard InChI is InChI=1S/C16H22N6O2/c1-3-14-17-9-12(10-18-14)20-16(23)22-8-6-4-5-7-13(22)15-19-11(2)24-21-15/h9-10,13H,3-8H2,1-2H3,(H,20,23). The molecule has 2 aromatic rings. The Labute approximate surface area is 140 Å². The number of anilines is 1. The molecule has 3 rings (SSSR count). The van der Waals surface area contributed by atoms with Crippen LogP contribution in [0.25, 0.3) is 0 Å². The third-order valence-corrected chi connectivity index (χ3v) is 4.13. The van der Waals surface area contributed by atoms with Gasteiger partial charge in [-0.2, -0.15) is 4.98 Å². The van der Waals surface area contributed by atoms with Gasteiger partial charge in [0.05, 0.1) is 24.1 Å². The topological polar surface area (TPSA) is 97.0 Å². The first-order valence-corrected chi connectivity index (χ1v) is 8.36. The summed E-state index contributed by atoms with van der Waals surface area (Å²) in [5.74, 6) is 1.84. The Bertz CT molecular complexity index is 684. The SMILES string of the molecule is CCc1ncc(NC(=O)N2CCCCCC2c2noc(C)n2)cn1. The molecule has 8 heteroatoms. The van der Waals surface area contributed by atoms with Gasteiger partial charge in [-0.1, -0.05) is 24.9 Å². The summed E-state index contributed by atoms with van der Waals surface area (Å²) in [6.07, 6.45) is 7.95. The molecule has 1 aliphatic heterocycles. The van der Waals surface area contributed by atoms with Crippen LogP contribution in [0.15, 0.2) is 16.9 Å². The molecule has 1 saturated heterocycles. The van der Waals surface area contributed by atoms with Gasteiger partial charge in [0.15, 0.2) is 5.82 Å². The van der Waals surface area contributed by atoms with E-state index < -0.39 is 0 Å². The molecular formula is C16H22N6O2. The fourth-order valence-electron chi connectivity index (χ4n) is 2.87. The van der Waals surface area contributed by atoms with Gasteiger partial charge < -0.3 is 14.7 Å². The molecule has 0 aliphatic carbocycles. The van der Waals surface area contributed by atoms with Gasteiger partial charge in [-0.3, -0.25) is 0 Å². The Balaban J connectivity index is 1.76. The molecule has 8 nitrogen and oxygen atoms in total. The summed E-state index contributed by atoms with van der Waals surface area (Å²) in [7, 11) is 0. The van der Waals surface area contributed by atoms with Crippen LogP contribution < -0.4 is 5.32 Å². The predicted octanol–water partition coefficient (Wildman–Crippen LogP) is 2.88. The van der Waals surface area contributed by atoms with Crippen molar-refractivity contribution < 1.29 is 9.32 Å². The normalized spacial score (nSPS) is 18.2. The van der Waals surface area contributed by atoms with Crippen molar-refractivity contribution >= 4 is 11.7 Å². The van der Waals surface area contributed by atoms with Crippen molar-refractivity contribution in [1.29, 1.82) is 0 Å². The minimum Gasteiger partial charge on any atom is -0.340 e. The average molecular weight is 330 g/mol. The largest absolute Gasteiger partial charge is 0.340 e. The molecule has 24 heavy (non-hydrogen) atoms. The number of amides is 2. The van der Waals surface area contributed by atoms with Crippen molar-refractivity contribution in [1.82, 2.24) is 25.0 Å². The first kappa shape index (κ1) is 16.4. The molecule has 0 radical (unpaired) electrons. The van der Waals surface area contributed by atoms with Crippen molar-refractivity contribution in [2.24, 2.45) is 0 Å². The zero-order chi connectivity index (χ0) is 16.9. The molecule has 2 amide bonds. The Kier molecular flexibility index (Phi) is 5.02.